The average Bonchev–Trinajstić information content (AvgIpc) is 2.37. The number of aliphatic hydroxyl groups is 1. The fraction of sp³-hybridized carbons (Fsp3) is 0.571. The smallest absolute Gasteiger partial charge is 0.141 e. The highest BCUT2D eigenvalue weighted by Crippen LogP contribution is 2.38. The lowest BCUT2D eigenvalue weighted by molar-refractivity contribution is 0.0665. The summed E-state index contributed by atoms with van der Waals surface area (Å²) in [6.07, 6.45) is 4.04. The molecule has 1 aromatic rings. The minimum absolute atomic E-state index is 0.0282. The molecule has 0 heterocycles. The van der Waals surface area contributed by atoms with Gasteiger partial charge in [0.25, 0.3) is 0 Å². The number of halogens is 2. The van der Waals surface area contributed by atoms with Gasteiger partial charge >= 0.3 is 0 Å². The van der Waals surface area contributed by atoms with E-state index in [9.17, 15) is 9.50 Å². The number of benzene rings is 1. The summed E-state index contributed by atoms with van der Waals surface area (Å²) in [5, 5.41) is 9.73. The van der Waals surface area contributed by atoms with E-state index in [2.05, 4.69) is 0 Å². The minimum Gasteiger partial charge on any atom is -0.393 e. The fourth-order valence-corrected chi connectivity index (χ4v) is 2.95. The summed E-state index contributed by atoms with van der Waals surface area (Å²) < 4.78 is 13.1. The van der Waals surface area contributed by atoms with Crippen LogP contribution in [0, 0.1) is 11.2 Å². The van der Waals surface area contributed by atoms with Gasteiger partial charge < -0.3 is 10.8 Å². The zero-order valence-corrected chi connectivity index (χ0v) is 11.1. The van der Waals surface area contributed by atoms with Crippen molar-refractivity contribution in [2.24, 2.45) is 11.1 Å². The van der Waals surface area contributed by atoms with Crippen molar-refractivity contribution in [1.29, 1.82) is 0 Å². The van der Waals surface area contributed by atoms with Crippen molar-refractivity contribution in [3.05, 3.63) is 34.6 Å². The summed E-state index contributed by atoms with van der Waals surface area (Å²) in [6, 6.07) is 4.85. The quantitative estimate of drug-likeness (QED) is 0.888. The van der Waals surface area contributed by atoms with Crippen LogP contribution in [-0.2, 0) is 6.42 Å². The van der Waals surface area contributed by atoms with Crippen LogP contribution in [0.4, 0.5) is 4.39 Å². The highest BCUT2D eigenvalue weighted by molar-refractivity contribution is 6.30. The molecule has 0 aliphatic heterocycles. The number of nitrogens with two attached hydrogens (primary N) is 1. The van der Waals surface area contributed by atoms with Gasteiger partial charge in [0, 0.05) is 0 Å². The average molecular weight is 272 g/mol. The first-order chi connectivity index (χ1) is 8.54. The highest BCUT2D eigenvalue weighted by atomic mass is 35.5. The molecule has 18 heavy (non-hydrogen) atoms. The van der Waals surface area contributed by atoms with E-state index in [1.54, 1.807) is 12.1 Å². The molecule has 3 N–H and O–H groups in total. The number of aliphatic hydroxyl groups excluding tert-OH is 1. The molecular formula is C14H19ClFNO. The van der Waals surface area contributed by atoms with E-state index in [1.165, 1.54) is 6.07 Å². The normalized spacial score (nSPS) is 28.3. The Morgan fingerprint density at radius 3 is 2.61 bits per heavy atom. The van der Waals surface area contributed by atoms with Gasteiger partial charge in [0.2, 0.25) is 0 Å². The van der Waals surface area contributed by atoms with Crippen molar-refractivity contribution in [1.82, 2.24) is 0 Å². The van der Waals surface area contributed by atoms with E-state index in [0.29, 0.717) is 6.54 Å². The molecule has 1 saturated carbocycles. The first-order valence-corrected chi connectivity index (χ1v) is 6.74. The SMILES string of the molecule is NCC1(Cc2ccc(F)c(Cl)c2)CCC(O)CC1. The number of hydrogen-bond donors (Lipinski definition) is 2. The van der Waals surface area contributed by atoms with E-state index in [1.807, 2.05) is 0 Å². The molecule has 0 radical (unpaired) electrons. The van der Waals surface area contributed by atoms with Gasteiger partial charge in [-0.15, -0.1) is 0 Å². The van der Waals surface area contributed by atoms with Crippen LogP contribution in [0.3, 0.4) is 0 Å². The minimum atomic E-state index is -0.388. The molecule has 0 aromatic heterocycles. The van der Waals surface area contributed by atoms with E-state index < -0.39 is 0 Å². The van der Waals surface area contributed by atoms with Crippen LogP contribution in [0.15, 0.2) is 18.2 Å². The van der Waals surface area contributed by atoms with Gasteiger partial charge in [-0.3, -0.25) is 0 Å². The van der Waals surface area contributed by atoms with E-state index in [4.69, 9.17) is 17.3 Å². The summed E-state index contributed by atoms with van der Waals surface area (Å²) in [7, 11) is 0. The fourth-order valence-electron chi connectivity index (χ4n) is 2.75. The second kappa shape index (κ2) is 5.55. The molecule has 2 rings (SSSR count). The van der Waals surface area contributed by atoms with Gasteiger partial charge in [-0.05, 0) is 61.8 Å². The van der Waals surface area contributed by atoms with Crippen molar-refractivity contribution in [2.75, 3.05) is 6.54 Å². The molecule has 0 saturated heterocycles. The zero-order chi connectivity index (χ0) is 13.2. The summed E-state index contributed by atoms with van der Waals surface area (Å²) in [5.74, 6) is -0.388. The molecule has 2 nitrogen and oxygen atoms in total. The van der Waals surface area contributed by atoms with Crippen molar-refractivity contribution in [3.8, 4) is 0 Å². The Kier molecular flexibility index (Phi) is 4.25. The maximum atomic E-state index is 13.1. The lowest BCUT2D eigenvalue weighted by atomic mass is 9.69. The third kappa shape index (κ3) is 3.02. The Morgan fingerprint density at radius 2 is 2.06 bits per heavy atom. The molecule has 4 heteroatoms. The predicted molar refractivity (Wildman–Crippen MR) is 71.1 cm³/mol. The van der Waals surface area contributed by atoms with Crippen LogP contribution in [0.5, 0.6) is 0 Å². The largest absolute Gasteiger partial charge is 0.393 e. The van der Waals surface area contributed by atoms with Crippen LogP contribution in [-0.4, -0.2) is 17.8 Å². The molecule has 100 valence electrons. The third-order valence-electron chi connectivity index (χ3n) is 4.01. The Hall–Kier alpha value is -0.640. The van der Waals surface area contributed by atoms with E-state index >= 15 is 0 Å². The Morgan fingerprint density at radius 1 is 1.39 bits per heavy atom. The molecule has 0 atom stereocenters. The molecule has 0 unspecified atom stereocenters. The molecule has 1 fully saturated rings. The van der Waals surface area contributed by atoms with Gasteiger partial charge in [-0.1, -0.05) is 17.7 Å². The lowest BCUT2D eigenvalue weighted by Crippen LogP contribution is -2.38. The van der Waals surface area contributed by atoms with Crippen molar-refractivity contribution < 1.29 is 9.50 Å². The molecule has 0 spiro atoms. The van der Waals surface area contributed by atoms with Gasteiger partial charge in [0.05, 0.1) is 11.1 Å². The van der Waals surface area contributed by atoms with Crippen molar-refractivity contribution in [3.63, 3.8) is 0 Å². The van der Waals surface area contributed by atoms with Gasteiger partial charge in [-0.2, -0.15) is 0 Å². The van der Waals surface area contributed by atoms with Crippen LogP contribution < -0.4 is 5.73 Å². The van der Waals surface area contributed by atoms with Crippen molar-refractivity contribution in [2.45, 2.75) is 38.2 Å². The summed E-state index contributed by atoms with van der Waals surface area (Å²) in [4.78, 5) is 0. The van der Waals surface area contributed by atoms with Crippen molar-refractivity contribution >= 4 is 11.6 Å². The lowest BCUT2D eigenvalue weighted by Gasteiger charge is -2.38. The second-order valence-electron chi connectivity index (χ2n) is 5.36. The van der Waals surface area contributed by atoms with Gasteiger partial charge in [-0.25, -0.2) is 4.39 Å². The monoisotopic (exact) mass is 271 g/mol. The topological polar surface area (TPSA) is 46.2 Å². The molecule has 1 aliphatic rings. The van der Waals surface area contributed by atoms with E-state index in [0.717, 1.165) is 37.7 Å². The first kappa shape index (κ1) is 13.8. The maximum absolute atomic E-state index is 13.1. The van der Waals surface area contributed by atoms with Crippen LogP contribution in [0.25, 0.3) is 0 Å². The Bertz CT molecular complexity index is 416. The second-order valence-corrected chi connectivity index (χ2v) is 5.77. The van der Waals surface area contributed by atoms with Gasteiger partial charge in [0.15, 0.2) is 0 Å². The Labute approximate surface area is 112 Å². The standard InChI is InChI=1S/C14H19ClFNO/c15-12-7-10(1-2-13(12)16)8-14(9-17)5-3-11(18)4-6-14/h1-2,7,11,18H,3-6,8-9,17H2. The summed E-state index contributed by atoms with van der Waals surface area (Å²) in [6.45, 7) is 0.592. The zero-order valence-electron chi connectivity index (χ0n) is 10.3. The van der Waals surface area contributed by atoms with Crippen LogP contribution in [0.2, 0.25) is 5.02 Å². The summed E-state index contributed by atoms with van der Waals surface area (Å²) in [5.41, 5.74) is 6.96. The van der Waals surface area contributed by atoms with Gasteiger partial charge in [0.1, 0.15) is 5.82 Å². The van der Waals surface area contributed by atoms with Crippen LogP contribution in [0.1, 0.15) is 31.2 Å². The highest BCUT2D eigenvalue weighted by Gasteiger charge is 2.33. The number of hydrogen-bond acceptors (Lipinski definition) is 2. The maximum Gasteiger partial charge on any atom is 0.141 e. The molecule has 0 bridgehead atoms. The molecular weight excluding hydrogens is 253 g/mol. The van der Waals surface area contributed by atoms with E-state index in [-0.39, 0.29) is 22.4 Å². The predicted octanol–water partition coefficient (Wildman–Crippen LogP) is 2.90. The molecule has 1 aromatic carbocycles. The first-order valence-electron chi connectivity index (χ1n) is 6.37. The Balaban J connectivity index is 2.12. The molecule has 0 amide bonds. The third-order valence-corrected chi connectivity index (χ3v) is 4.30. The number of rotatable bonds is 3. The molecule has 1 aliphatic carbocycles. The van der Waals surface area contributed by atoms with Crippen LogP contribution >= 0.6 is 11.6 Å². The summed E-state index contributed by atoms with van der Waals surface area (Å²) >= 11 is 5.80.